The molecule has 1 heterocycles. The van der Waals surface area contributed by atoms with E-state index >= 15 is 0 Å². The standard InChI is InChI=1S/C18H25Cl2N3O/c19-15-4-3-13(11-16(15)20)12-23-9-5-14(6-10-23)22-17(24)18(21)7-1-2-8-18/h3-4,11,14H,1-2,5-10,12,21H2,(H,22,24). The van der Waals surface area contributed by atoms with E-state index in [9.17, 15) is 4.79 Å². The molecule has 6 heteroatoms. The first-order valence-corrected chi connectivity index (χ1v) is 9.48. The van der Waals surface area contributed by atoms with E-state index in [0.717, 1.165) is 58.2 Å². The summed E-state index contributed by atoms with van der Waals surface area (Å²) in [5, 5.41) is 4.36. The van der Waals surface area contributed by atoms with Gasteiger partial charge >= 0.3 is 0 Å². The lowest BCUT2D eigenvalue weighted by molar-refractivity contribution is -0.127. The molecule has 132 valence electrons. The number of halogens is 2. The van der Waals surface area contributed by atoms with E-state index in [2.05, 4.69) is 10.2 Å². The van der Waals surface area contributed by atoms with Gasteiger partial charge in [-0.3, -0.25) is 9.69 Å². The Morgan fingerprint density at radius 2 is 1.88 bits per heavy atom. The maximum Gasteiger partial charge on any atom is 0.240 e. The van der Waals surface area contributed by atoms with Crippen LogP contribution in [0.5, 0.6) is 0 Å². The van der Waals surface area contributed by atoms with Crippen molar-refractivity contribution in [3.05, 3.63) is 33.8 Å². The largest absolute Gasteiger partial charge is 0.352 e. The zero-order valence-corrected chi connectivity index (χ0v) is 15.4. The maximum absolute atomic E-state index is 12.4. The van der Waals surface area contributed by atoms with Crippen LogP contribution in [0.25, 0.3) is 0 Å². The summed E-state index contributed by atoms with van der Waals surface area (Å²) in [6.45, 7) is 2.78. The molecule has 2 aliphatic rings. The monoisotopic (exact) mass is 369 g/mol. The number of likely N-dealkylation sites (tertiary alicyclic amines) is 1. The molecular weight excluding hydrogens is 345 g/mol. The summed E-state index contributed by atoms with van der Waals surface area (Å²) in [5.41, 5.74) is 6.77. The Morgan fingerprint density at radius 3 is 2.50 bits per heavy atom. The highest BCUT2D eigenvalue weighted by Gasteiger charge is 2.38. The Hall–Kier alpha value is -0.810. The Balaban J connectivity index is 1.47. The second-order valence-corrected chi connectivity index (χ2v) is 7.95. The van der Waals surface area contributed by atoms with Gasteiger partial charge in [-0.15, -0.1) is 0 Å². The lowest BCUT2D eigenvalue weighted by atomic mass is 9.96. The number of carbonyl (C=O) groups excluding carboxylic acids is 1. The molecule has 4 nitrogen and oxygen atoms in total. The number of piperidine rings is 1. The summed E-state index contributed by atoms with van der Waals surface area (Å²) in [6, 6.07) is 6.02. The van der Waals surface area contributed by atoms with Gasteiger partial charge in [-0.1, -0.05) is 42.1 Å². The molecule has 1 amide bonds. The normalized spacial score (nSPS) is 21.8. The van der Waals surface area contributed by atoms with Crippen LogP contribution < -0.4 is 11.1 Å². The Kier molecular flexibility index (Phi) is 5.70. The van der Waals surface area contributed by atoms with Crippen molar-refractivity contribution in [2.75, 3.05) is 13.1 Å². The molecule has 2 fully saturated rings. The minimum Gasteiger partial charge on any atom is -0.352 e. The van der Waals surface area contributed by atoms with Crippen LogP contribution in [-0.2, 0) is 11.3 Å². The van der Waals surface area contributed by atoms with Crippen molar-refractivity contribution in [3.8, 4) is 0 Å². The Morgan fingerprint density at radius 1 is 1.21 bits per heavy atom. The molecule has 0 atom stereocenters. The molecule has 0 radical (unpaired) electrons. The minimum absolute atomic E-state index is 0.0444. The van der Waals surface area contributed by atoms with Crippen molar-refractivity contribution in [1.82, 2.24) is 10.2 Å². The van der Waals surface area contributed by atoms with E-state index in [1.165, 1.54) is 5.56 Å². The van der Waals surface area contributed by atoms with Gasteiger partial charge in [0, 0.05) is 25.7 Å². The molecule has 0 aromatic heterocycles. The molecule has 1 aromatic carbocycles. The number of hydrogen-bond acceptors (Lipinski definition) is 3. The van der Waals surface area contributed by atoms with Crippen LogP contribution in [0.3, 0.4) is 0 Å². The number of nitrogens with zero attached hydrogens (tertiary/aromatic N) is 1. The highest BCUT2D eigenvalue weighted by Crippen LogP contribution is 2.28. The van der Waals surface area contributed by atoms with E-state index < -0.39 is 5.54 Å². The predicted molar refractivity (Wildman–Crippen MR) is 98.3 cm³/mol. The second-order valence-electron chi connectivity index (χ2n) is 7.14. The smallest absolute Gasteiger partial charge is 0.240 e. The molecule has 0 bridgehead atoms. The minimum atomic E-state index is -0.628. The van der Waals surface area contributed by atoms with Crippen molar-refractivity contribution in [2.45, 2.75) is 56.7 Å². The summed E-state index contributed by atoms with van der Waals surface area (Å²) < 4.78 is 0. The molecular formula is C18H25Cl2N3O. The first-order valence-electron chi connectivity index (χ1n) is 8.72. The second kappa shape index (κ2) is 7.61. The number of carbonyl (C=O) groups is 1. The van der Waals surface area contributed by atoms with Crippen molar-refractivity contribution < 1.29 is 4.79 Å². The number of nitrogens with one attached hydrogen (secondary N) is 1. The fourth-order valence-corrected chi connectivity index (χ4v) is 4.01. The van der Waals surface area contributed by atoms with E-state index in [1.54, 1.807) is 0 Å². The van der Waals surface area contributed by atoms with Crippen molar-refractivity contribution in [1.29, 1.82) is 0 Å². The third-order valence-electron chi connectivity index (χ3n) is 5.26. The summed E-state index contributed by atoms with van der Waals surface area (Å²) in [5.74, 6) is 0.0444. The van der Waals surface area contributed by atoms with Crippen molar-refractivity contribution in [2.24, 2.45) is 5.73 Å². The molecule has 0 spiro atoms. The molecule has 24 heavy (non-hydrogen) atoms. The molecule has 1 saturated heterocycles. The van der Waals surface area contributed by atoms with Gasteiger partial charge in [0.15, 0.2) is 0 Å². The van der Waals surface area contributed by atoms with Gasteiger partial charge < -0.3 is 11.1 Å². The van der Waals surface area contributed by atoms with Gasteiger partial charge in [0.2, 0.25) is 5.91 Å². The van der Waals surface area contributed by atoms with Crippen LogP contribution in [-0.4, -0.2) is 35.5 Å². The fraction of sp³-hybridized carbons (Fsp3) is 0.611. The molecule has 3 N–H and O–H groups in total. The van der Waals surface area contributed by atoms with E-state index in [1.807, 2.05) is 18.2 Å². The predicted octanol–water partition coefficient (Wildman–Crippen LogP) is 3.35. The van der Waals surface area contributed by atoms with Crippen LogP contribution in [0.1, 0.15) is 44.1 Å². The quantitative estimate of drug-likeness (QED) is 0.855. The van der Waals surface area contributed by atoms with Crippen LogP contribution in [0, 0.1) is 0 Å². The zero-order valence-electron chi connectivity index (χ0n) is 13.9. The highest BCUT2D eigenvalue weighted by molar-refractivity contribution is 6.42. The van der Waals surface area contributed by atoms with Crippen LogP contribution in [0.15, 0.2) is 18.2 Å². The molecule has 1 aromatic rings. The topological polar surface area (TPSA) is 58.4 Å². The van der Waals surface area contributed by atoms with Gasteiger partial charge in [0.05, 0.1) is 15.6 Å². The van der Waals surface area contributed by atoms with Gasteiger partial charge in [0.25, 0.3) is 0 Å². The molecule has 1 aliphatic heterocycles. The molecule has 1 aliphatic carbocycles. The first kappa shape index (κ1) is 18.0. The van der Waals surface area contributed by atoms with Gasteiger partial charge in [-0.25, -0.2) is 0 Å². The van der Waals surface area contributed by atoms with Gasteiger partial charge in [0.1, 0.15) is 0 Å². The van der Waals surface area contributed by atoms with Crippen LogP contribution in [0.2, 0.25) is 10.0 Å². The number of benzene rings is 1. The summed E-state index contributed by atoms with van der Waals surface area (Å²) in [7, 11) is 0. The average molecular weight is 370 g/mol. The molecule has 3 rings (SSSR count). The van der Waals surface area contributed by atoms with E-state index in [-0.39, 0.29) is 11.9 Å². The van der Waals surface area contributed by atoms with Gasteiger partial charge in [-0.2, -0.15) is 0 Å². The van der Waals surface area contributed by atoms with Crippen molar-refractivity contribution in [3.63, 3.8) is 0 Å². The Labute approximate surface area is 153 Å². The van der Waals surface area contributed by atoms with Crippen LogP contribution in [0.4, 0.5) is 0 Å². The maximum atomic E-state index is 12.4. The fourth-order valence-electron chi connectivity index (χ4n) is 3.69. The zero-order chi connectivity index (χ0) is 17.2. The van der Waals surface area contributed by atoms with E-state index in [4.69, 9.17) is 28.9 Å². The first-order chi connectivity index (χ1) is 11.5. The summed E-state index contributed by atoms with van der Waals surface area (Å²) >= 11 is 12.0. The molecule has 0 unspecified atom stereocenters. The SMILES string of the molecule is NC1(C(=O)NC2CCN(Cc3ccc(Cl)c(Cl)c3)CC2)CCCC1. The van der Waals surface area contributed by atoms with Gasteiger partial charge in [-0.05, 0) is 43.4 Å². The van der Waals surface area contributed by atoms with E-state index in [0.29, 0.717) is 10.0 Å². The molecule has 1 saturated carbocycles. The average Bonchev–Trinajstić information content (AvgIpc) is 3.01. The number of hydrogen-bond donors (Lipinski definition) is 2. The summed E-state index contributed by atoms with van der Waals surface area (Å²) in [4.78, 5) is 14.8. The number of amides is 1. The van der Waals surface area contributed by atoms with Crippen LogP contribution >= 0.6 is 23.2 Å². The highest BCUT2D eigenvalue weighted by atomic mass is 35.5. The third-order valence-corrected chi connectivity index (χ3v) is 6.00. The Bertz CT molecular complexity index is 594. The van der Waals surface area contributed by atoms with Crippen molar-refractivity contribution >= 4 is 29.1 Å². The number of nitrogens with two attached hydrogens (primary N) is 1. The number of rotatable bonds is 4. The summed E-state index contributed by atoms with van der Waals surface area (Å²) in [6.07, 6.45) is 5.67. The third kappa shape index (κ3) is 4.23. The lowest BCUT2D eigenvalue weighted by Crippen LogP contribution is -2.56. The lowest BCUT2D eigenvalue weighted by Gasteiger charge is -2.34.